The number of nitrogens with zero attached hydrogens (tertiary/aromatic N) is 2. The van der Waals surface area contributed by atoms with Crippen LogP contribution in [0.25, 0.3) is 0 Å². The van der Waals surface area contributed by atoms with E-state index < -0.39 is 0 Å². The van der Waals surface area contributed by atoms with Crippen LogP contribution >= 0.6 is 0 Å². The first kappa shape index (κ1) is 15.9. The Balaban J connectivity index is 2.35. The maximum Gasteiger partial charge on any atom is 0.0524 e. The van der Waals surface area contributed by atoms with E-state index in [-0.39, 0.29) is 6.10 Å². The maximum atomic E-state index is 9.35. The molecule has 1 saturated heterocycles. The summed E-state index contributed by atoms with van der Waals surface area (Å²) in [4.78, 5) is 5.09. The first-order valence-electron chi connectivity index (χ1n) is 7.51. The summed E-state index contributed by atoms with van der Waals surface area (Å²) in [5.74, 6) is 0. The summed E-state index contributed by atoms with van der Waals surface area (Å²) in [7, 11) is 0. The van der Waals surface area contributed by atoms with E-state index in [1.54, 1.807) is 0 Å². The Morgan fingerprint density at radius 3 is 2.56 bits per heavy atom. The van der Waals surface area contributed by atoms with E-state index in [0.717, 1.165) is 39.0 Å². The Kier molecular flexibility index (Phi) is 7.82. The van der Waals surface area contributed by atoms with Crippen LogP contribution in [-0.4, -0.2) is 66.3 Å². The molecule has 0 aromatic rings. The van der Waals surface area contributed by atoms with Crippen molar-refractivity contribution in [3.63, 3.8) is 0 Å². The van der Waals surface area contributed by atoms with Crippen LogP contribution in [0, 0.1) is 0 Å². The molecule has 0 bridgehead atoms. The zero-order valence-corrected chi connectivity index (χ0v) is 12.1. The van der Waals surface area contributed by atoms with Crippen molar-refractivity contribution in [1.82, 2.24) is 9.80 Å². The van der Waals surface area contributed by atoms with E-state index in [1.807, 2.05) is 6.92 Å². The largest absolute Gasteiger partial charge is 0.393 e. The molecule has 1 aliphatic heterocycles. The first-order valence-corrected chi connectivity index (χ1v) is 7.51. The third-order valence-electron chi connectivity index (χ3n) is 3.97. The molecule has 4 heteroatoms. The number of aliphatic hydroxyl groups excluding tert-OH is 1. The predicted octanol–water partition coefficient (Wildman–Crippen LogP) is 0.892. The fourth-order valence-electron chi connectivity index (χ4n) is 2.79. The van der Waals surface area contributed by atoms with Gasteiger partial charge in [0.25, 0.3) is 0 Å². The highest BCUT2D eigenvalue weighted by atomic mass is 16.3. The van der Waals surface area contributed by atoms with E-state index in [4.69, 9.17) is 5.73 Å². The molecule has 0 saturated carbocycles. The Bertz CT molecular complexity index is 211. The molecule has 4 nitrogen and oxygen atoms in total. The lowest BCUT2D eigenvalue weighted by Gasteiger charge is -2.29. The predicted molar refractivity (Wildman–Crippen MR) is 76.7 cm³/mol. The normalized spacial score (nSPS) is 22.7. The molecular formula is C14H31N3O. The topological polar surface area (TPSA) is 52.7 Å². The molecular weight excluding hydrogens is 226 g/mol. The lowest BCUT2D eigenvalue weighted by molar-refractivity contribution is 0.152. The third-order valence-corrected chi connectivity index (χ3v) is 3.97. The van der Waals surface area contributed by atoms with Crippen molar-refractivity contribution in [2.75, 3.05) is 39.3 Å². The van der Waals surface area contributed by atoms with Gasteiger partial charge in [-0.25, -0.2) is 0 Å². The number of nitrogens with two attached hydrogens (primary N) is 1. The van der Waals surface area contributed by atoms with Crippen molar-refractivity contribution < 1.29 is 5.11 Å². The smallest absolute Gasteiger partial charge is 0.0524 e. The third kappa shape index (κ3) is 5.65. The summed E-state index contributed by atoms with van der Waals surface area (Å²) >= 11 is 0. The first-order chi connectivity index (χ1) is 8.67. The van der Waals surface area contributed by atoms with Crippen LogP contribution in [0.1, 0.15) is 39.5 Å². The molecule has 18 heavy (non-hydrogen) atoms. The van der Waals surface area contributed by atoms with Crippen LogP contribution < -0.4 is 5.73 Å². The quantitative estimate of drug-likeness (QED) is 0.711. The van der Waals surface area contributed by atoms with Crippen molar-refractivity contribution in [2.24, 2.45) is 5.73 Å². The van der Waals surface area contributed by atoms with Crippen LogP contribution in [-0.2, 0) is 0 Å². The van der Waals surface area contributed by atoms with Crippen molar-refractivity contribution in [3.8, 4) is 0 Å². The van der Waals surface area contributed by atoms with Crippen LogP contribution in [0.2, 0.25) is 0 Å². The summed E-state index contributed by atoms with van der Waals surface area (Å²) in [5, 5.41) is 9.35. The molecule has 0 radical (unpaired) electrons. The molecule has 0 amide bonds. The number of aliphatic hydroxyl groups is 1. The molecule has 0 spiro atoms. The monoisotopic (exact) mass is 257 g/mol. The van der Waals surface area contributed by atoms with Crippen molar-refractivity contribution >= 4 is 0 Å². The fourth-order valence-corrected chi connectivity index (χ4v) is 2.79. The minimum Gasteiger partial charge on any atom is -0.393 e. The number of hydrogen-bond donors (Lipinski definition) is 2. The highest BCUT2D eigenvalue weighted by Gasteiger charge is 2.20. The minimum absolute atomic E-state index is 0.176. The number of hydrogen-bond acceptors (Lipinski definition) is 4. The van der Waals surface area contributed by atoms with Crippen molar-refractivity contribution in [1.29, 1.82) is 0 Å². The molecule has 3 N–H and O–H groups in total. The molecule has 108 valence electrons. The summed E-state index contributed by atoms with van der Waals surface area (Å²) in [6, 6.07) is 0.659. The molecule has 0 aromatic heterocycles. The zero-order valence-electron chi connectivity index (χ0n) is 12.1. The van der Waals surface area contributed by atoms with Gasteiger partial charge in [0.05, 0.1) is 6.10 Å². The minimum atomic E-state index is -0.176. The Morgan fingerprint density at radius 2 is 1.94 bits per heavy atom. The molecule has 1 heterocycles. The molecule has 2 atom stereocenters. The van der Waals surface area contributed by atoms with Gasteiger partial charge in [0.2, 0.25) is 0 Å². The molecule has 1 aliphatic rings. The average Bonchev–Trinajstić information content (AvgIpc) is 2.59. The summed E-state index contributed by atoms with van der Waals surface area (Å²) < 4.78 is 0. The van der Waals surface area contributed by atoms with E-state index in [2.05, 4.69) is 16.7 Å². The van der Waals surface area contributed by atoms with E-state index in [0.29, 0.717) is 6.04 Å². The van der Waals surface area contributed by atoms with Gasteiger partial charge in [-0.05, 0) is 52.2 Å². The Hall–Kier alpha value is -0.160. The van der Waals surface area contributed by atoms with Gasteiger partial charge < -0.3 is 15.7 Å². The van der Waals surface area contributed by atoms with Gasteiger partial charge in [0, 0.05) is 25.7 Å². The summed E-state index contributed by atoms with van der Waals surface area (Å²) in [6.45, 7) is 10.6. The van der Waals surface area contributed by atoms with Crippen molar-refractivity contribution in [3.05, 3.63) is 0 Å². The molecule has 1 rings (SSSR count). The second-order valence-electron chi connectivity index (χ2n) is 5.51. The van der Waals surface area contributed by atoms with E-state index in [9.17, 15) is 5.11 Å². The fraction of sp³-hybridized carbons (Fsp3) is 1.00. The van der Waals surface area contributed by atoms with Crippen LogP contribution in [0.5, 0.6) is 0 Å². The van der Waals surface area contributed by atoms with Crippen LogP contribution in [0.4, 0.5) is 0 Å². The van der Waals surface area contributed by atoms with Gasteiger partial charge in [-0.1, -0.05) is 6.92 Å². The standard InChI is InChI=1S/C14H31N3O/c1-3-14(5-7-15)17-9-4-8-16(11-12-17)10-6-13(2)18/h13-14,18H,3-12,15H2,1-2H3. The van der Waals surface area contributed by atoms with Gasteiger partial charge >= 0.3 is 0 Å². The Labute approximate surface area is 112 Å². The Morgan fingerprint density at radius 1 is 1.17 bits per heavy atom. The highest BCUT2D eigenvalue weighted by Crippen LogP contribution is 2.12. The molecule has 1 fully saturated rings. The molecule has 0 aliphatic carbocycles. The van der Waals surface area contributed by atoms with E-state index >= 15 is 0 Å². The second kappa shape index (κ2) is 8.86. The molecule has 0 aromatic carbocycles. The SMILES string of the molecule is CCC(CCN)N1CCCN(CCC(C)O)CC1. The van der Waals surface area contributed by atoms with E-state index in [1.165, 1.54) is 25.9 Å². The van der Waals surface area contributed by atoms with Gasteiger partial charge in [0.1, 0.15) is 0 Å². The zero-order chi connectivity index (χ0) is 13.4. The van der Waals surface area contributed by atoms with Crippen LogP contribution in [0.3, 0.4) is 0 Å². The second-order valence-corrected chi connectivity index (χ2v) is 5.51. The average molecular weight is 257 g/mol. The van der Waals surface area contributed by atoms with Crippen molar-refractivity contribution in [2.45, 2.75) is 51.7 Å². The maximum absolute atomic E-state index is 9.35. The van der Waals surface area contributed by atoms with Gasteiger partial charge in [-0.15, -0.1) is 0 Å². The van der Waals surface area contributed by atoms with Gasteiger partial charge in [0.15, 0.2) is 0 Å². The summed E-state index contributed by atoms with van der Waals surface area (Å²) in [5.41, 5.74) is 5.69. The highest BCUT2D eigenvalue weighted by molar-refractivity contribution is 4.76. The van der Waals surface area contributed by atoms with Crippen LogP contribution in [0.15, 0.2) is 0 Å². The lowest BCUT2D eigenvalue weighted by Crippen LogP contribution is -2.39. The van der Waals surface area contributed by atoms with Gasteiger partial charge in [-0.2, -0.15) is 0 Å². The lowest BCUT2D eigenvalue weighted by atomic mass is 10.1. The summed E-state index contributed by atoms with van der Waals surface area (Å²) in [6.07, 6.45) is 4.26. The number of rotatable bonds is 7. The van der Waals surface area contributed by atoms with Gasteiger partial charge in [-0.3, -0.25) is 4.90 Å². The molecule has 2 unspecified atom stereocenters.